The fraction of sp³-hybridized carbons (Fsp3) is 0. The van der Waals surface area contributed by atoms with Crippen molar-refractivity contribution in [2.75, 3.05) is 0 Å². The average molecular weight is 239 g/mol. The van der Waals surface area contributed by atoms with Crippen LogP contribution in [0.3, 0.4) is 0 Å². The zero-order valence-electron chi connectivity index (χ0n) is 3.84. The molecule has 0 heterocycles. The molecule has 0 aromatic heterocycles. The van der Waals surface area contributed by atoms with Gasteiger partial charge < -0.3 is 0 Å². The number of nitriles is 2. The van der Waals surface area contributed by atoms with Gasteiger partial charge in [0.15, 0.2) is 0 Å². The molecular weight excluding hydrogens is 239 g/mol. The van der Waals surface area contributed by atoms with E-state index in [1.165, 1.54) is 19.7 Å². The molecule has 0 radical (unpaired) electrons. The minimum atomic E-state index is 0. The van der Waals surface area contributed by atoms with Gasteiger partial charge in [0.05, 0.1) is 0 Å². The standard InChI is InChI=1S/C2N2S4.Ni/c3-1-5-7-8-6-2-4;. The summed E-state index contributed by atoms with van der Waals surface area (Å²) >= 11 is 0. The average Bonchev–Trinajstić information content (AvgIpc) is 1.81. The second kappa shape index (κ2) is 11.6. The summed E-state index contributed by atoms with van der Waals surface area (Å²) in [7, 11) is 4.70. The molecule has 0 fully saturated rings. The van der Waals surface area contributed by atoms with Gasteiger partial charge in [-0.05, 0) is 0 Å². The van der Waals surface area contributed by atoms with E-state index in [9.17, 15) is 0 Å². The molecule has 0 aromatic rings. The number of nitrogens with zero attached hydrogens (tertiary/aromatic N) is 2. The van der Waals surface area contributed by atoms with Crippen molar-refractivity contribution >= 4 is 41.2 Å². The quantitative estimate of drug-likeness (QED) is 0.326. The van der Waals surface area contributed by atoms with E-state index in [0.29, 0.717) is 0 Å². The minimum absolute atomic E-state index is 0. The molecule has 0 unspecified atom stereocenters. The van der Waals surface area contributed by atoms with E-state index >= 15 is 0 Å². The van der Waals surface area contributed by atoms with Gasteiger partial charge in [-0.25, -0.2) is 0 Å². The molecule has 0 rings (SSSR count). The second-order valence-corrected chi connectivity index (χ2v) is 5.72. The summed E-state index contributed by atoms with van der Waals surface area (Å²) in [6.07, 6.45) is 0. The summed E-state index contributed by atoms with van der Waals surface area (Å²) in [5, 5.41) is 19.6. The van der Waals surface area contributed by atoms with Crippen molar-refractivity contribution in [3.8, 4) is 10.8 Å². The fourth-order valence-electron chi connectivity index (χ4n) is 0.0582. The molecule has 0 saturated carbocycles. The predicted molar refractivity (Wildman–Crippen MR) is 41.6 cm³/mol. The van der Waals surface area contributed by atoms with Crippen LogP contribution < -0.4 is 0 Å². The first-order valence-corrected chi connectivity index (χ1v) is 6.17. The van der Waals surface area contributed by atoms with Crippen LogP contribution in [0.1, 0.15) is 0 Å². The Kier molecular flexibility index (Phi) is 16.2. The summed E-state index contributed by atoms with van der Waals surface area (Å²) in [6, 6.07) is 0. The summed E-state index contributed by atoms with van der Waals surface area (Å²) in [5.74, 6) is 0. The maximum absolute atomic E-state index is 7.95. The SMILES string of the molecule is N#CSSSSC#N.[Ni]. The normalized spacial score (nSPS) is 6.44. The van der Waals surface area contributed by atoms with E-state index in [1.54, 1.807) is 0 Å². The zero-order valence-corrected chi connectivity index (χ0v) is 8.10. The molecule has 0 saturated heterocycles. The molecule has 0 N–H and O–H groups in total. The van der Waals surface area contributed by atoms with E-state index in [2.05, 4.69) is 0 Å². The first-order valence-electron chi connectivity index (χ1n) is 1.36. The van der Waals surface area contributed by atoms with Crippen LogP contribution in [0.25, 0.3) is 0 Å². The number of hydrogen-bond donors (Lipinski definition) is 0. The van der Waals surface area contributed by atoms with Crippen LogP contribution >= 0.6 is 41.2 Å². The van der Waals surface area contributed by atoms with Crippen LogP contribution in [0.2, 0.25) is 0 Å². The van der Waals surface area contributed by atoms with Crippen molar-refractivity contribution in [2.45, 2.75) is 0 Å². The Hall–Kier alpha value is 0.874. The molecule has 0 aliphatic carbocycles. The topological polar surface area (TPSA) is 47.6 Å². The number of thiocyanates is 2. The van der Waals surface area contributed by atoms with E-state index in [-0.39, 0.29) is 16.5 Å². The maximum Gasteiger partial charge on any atom is 0.145 e. The predicted octanol–water partition coefficient (Wildman–Crippen LogP) is 2.62. The van der Waals surface area contributed by atoms with E-state index < -0.39 is 0 Å². The van der Waals surface area contributed by atoms with Crippen LogP contribution in [0.4, 0.5) is 0 Å². The van der Waals surface area contributed by atoms with Gasteiger partial charge >= 0.3 is 0 Å². The van der Waals surface area contributed by atoms with E-state index in [4.69, 9.17) is 10.5 Å². The monoisotopic (exact) mass is 238 g/mol. The molecule has 0 amide bonds. The van der Waals surface area contributed by atoms with E-state index in [0.717, 1.165) is 21.6 Å². The van der Waals surface area contributed by atoms with Crippen molar-refractivity contribution < 1.29 is 16.5 Å². The second-order valence-electron chi connectivity index (χ2n) is 0.485. The van der Waals surface area contributed by atoms with Crippen molar-refractivity contribution in [3.63, 3.8) is 0 Å². The fourth-order valence-corrected chi connectivity index (χ4v) is 3.07. The summed E-state index contributed by atoms with van der Waals surface area (Å²) in [6.45, 7) is 0. The van der Waals surface area contributed by atoms with Gasteiger partial charge in [0.1, 0.15) is 10.8 Å². The molecule has 9 heavy (non-hydrogen) atoms. The molecule has 0 aliphatic heterocycles. The first kappa shape index (κ1) is 12.5. The van der Waals surface area contributed by atoms with Gasteiger partial charge in [-0.1, -0.05) is 0 Å². The first-order chi connectivity index (χ1) is 3.91. The van der Waals surface area contributed by atoms with Crippen molar-refractivity contribution in [2.24, 2.45) is 0 Å². The van der Waals surface area contributed by atoms with Gasteiger partial charge in [0.2, 0.25) is 0 Å². The Labute approximate surface area is 78.6 Å². The van der Waals surface area contributed by atoms with Gasteiger partial charge in [-0.3, -0.25) is 0 Å². The van der Waals surface area contributed by atoms with Crippen LogP contribution in [0.5, 0.6) is 0 Å². The molecule has 0 aromatic carbocycles. The molecule has 52 valence electrons. The molecule has 2 nitrogen and oxygen atoms in total. The molecule has 0 atom stereocenters. The van der Waals surface area contributed by atoms with Gasteiger partial charge in [-0.2, -0.15) is 10.5 Å². The minimum Gasteiger partial charge on any atom is -0.184 e. The van der Waals surface area contributed by atoms with Gasteiger partial charge in [-0.15, -0.1) is 0 Å². The summed E-state index contributed by atoms with van der Waals surface area (Å²) < 4.78 is 0. The van der Waals surface area contributed by atoms with Crippen molar-refractivity contribution in [3.05, 3.63) is 0 Å². The zero-order chi connectivity index (χ0) is 6.24. The third-order valence-corrected chi connectivity index (χ3v) is 4.76. The summed E-state index contributed by atoms with van der Waals surface area (Å²) in [5.41, 5.74) is 0. The molecule has 0 bridgehead atoms. The van der Waals surface area contributed by atoms with Crippen LogP contribution in [0, 0.1) is 21.3 Å². The maximum atomic E-state index is 7.95. The Morgan fingerprint density at radius 1 is 0.889 bits per heavy atom. The van der Waals surface area contributed by atoms with Crippen LogP contribution in [-0.4, -0.2) is 0 Å². The smallest absolute Gasteiger partial charge is 0.145 e. The van der Waals surface area contributed by atoms with Crippen LogP contribution in [-0.2, 0) is 16.5 Å². The number of rotatable bonds is 3. The van der Waals surface area contributed by atoms with E-state index in [1.807, 2.05) is 10.8 Å². The largest absolute Gasteiger partial charge is 0.184 e. The van der Waals surface area contributed by atoms with Crippen molar-refractivity contribution in [1.29, 1.82) is 10.5 Å². The summed E-state index contributed by atoms with van der Waals surface area (Å²) in [4.78, 5) is 0. The molecule has 0 spiro atoms. The number of hydrogen-bond acceptors (Lipinski definition) is 6. The Bertz CT molecular complexity index is 110. The van der Waals surface area contributed by atoms with Crippen LogP contribution in [0.15, 0.2) is 0 Å². The third-order valence-electron chi connectivity index (χ3n) is 0.170. The Morgan fingerprint density at radius 3 is 1.44 bits per heavy atom. The van der Waals surface area contributed by atoms with Crippen molar-refractivity contribution in [1.82, 2.24) is 0 Å². The Morgan fingerprint density at radius 2 is 1.22 bits per heavy atom. The van der Waals surface area contributed by atoms with Gasteiger partial charge in [0, 0.05) is 57.7 Å². The van der Waals surface area contributed by atoms with Gasteiger partial charge in [0.25, 0.3) is 0 Å². The Balaban J connectivity index is 0. The molecular formula is C2N2NiS4. The molecule has 0 aliphatic rings. The molecule has 7 heteroatoms. The third kappa shape index (κ3) is 12.2.